The number of nitriles is 1. The molecule has 0 radical (unpaired) electrons. The second-order valence-electron chi connectivity index (χ2n) is 3.82. The molecule has 1 N–H and O–H groups in total. The standard InChI is InChI=1S/C14H14N4OS/c1-20-14(17-10-15)16-8-9-19-13-7-6-11-4-2-3-5-12(11)18-13/h2-7H,8-9H2,1H3,(H,16,17). The van der Waals surface area contributed by atoms with Gasteiger partial charge in [-0.3, -0.25) is 10.3 Å². The van der Waals surface area contributed by atoms with Gasteiger partial charge in [0.15, 0.2) is 11.4 Å². The summed E-state index contributed by atoms with van der Waals surface area (Å²) >= 11 is 1.39. The maximum Gasteiger partial charge on any atom is 0.213 e. The SMILES string of the molecule is CS/C(=N\CCOc1ccc2ccccc2n1)NC#N. The van der Waals surface area contributed by atoms with Crippen LogP contribution in [-0.2, 0) is 0 Å². The molecule has 0 fully saturated rings. The Morgan fingerprint density at radius 2 is 2.25 bits per heavy atom. The monoisotopic (exact) mass is 286 g/mol. The lowest BCUT2D eigenvalue weighted by Gasteiger charge is -2.05. The molecule has 0 aliphatic rings. The van der Waals surface area contributed by atoms with Gasteiger partial charge in [0.1, 0.15) is 6.61 Å². The minimum atomic E-state index is 0.419. The van der Waals surface area contributed by atoms with E-state index in [1.54, 1.807) is 0 Å². The zero-order valence-corrected chi connectivity index (χ0v) is 11.9. The van der Waals surface area contributed by atoms with Crippen molar-refractivity contribution >= 4 is 27.8 Å². The Balaban J connectivity index is 1.91. The van der Waals surface area contributed by atoms with E-state index in [2.05, 4.69) is 15.3 Å². The molecule has 0 unspecified atom stereocenters. The van der Waals surface area contributed by atoms with Gasteiger partial charge in [0.2, 0.25) is 5.88 Å². The van der Waals surface area contributed by atoms with Crippen LogP contribution in [0.1, 0.15) is 0 Å². The lowest BCUT2D eigenvalue weighted by molar-refractivity contribution is 0.317. The molecule has 0 aliphatic carbocycles. The number of thioether (sulfide) groups is 1. The Bertz CT molecular complexity index is 651. The van der Waals surface area contributed by atoms with E-state index in [9.17, 15) is 0 Å². The van der Waals surface area contributed by atoms with Crippen LogP contribution in [0.3, 0.4) is 0 Å². The number of rotatable bonds is 4. The molecule has 0 saturated heterocycles. The fraction of sp³-hybridized carbons (Fsp3) is 0.214. The van der Waals surface area contributed by atoms with E-state index in [0.29, 0.717) is 24.2 Å². The summed E-state index contributed by atoms with van der Waals surface area (Å²) in [7, 11) is 0. The zero-order valence-electron chi connectivity index (χ0n) is 11.0. The van der Waals surface area contributed by atoms with Gasteiger partial charge in [-0.1, -0.05) is 30.0 Å². The number of hydrogen-bond donors (Lipinski definition) is 1. The average Bonchev–Trinajstić information content (AvgIpc) is 2.50. The Morgan fingerprint density at radius 1 is 1.40 bits per heavy atom. The molecule has 20 heavy (non-hydrogen) atoms. The molecule has 2 rings (SSSR count). The summed E-state index contributed by atoms with van der Waals surface area (Å²) in [6.45, 7) is 0.891. The van der Waals surface area contributed by atoms with Crippen molar-refractivity contribution < 1.29 is 4.74 Å². The van der Waals surface area contributed by atoms with Crippen LogP contribution in [0.25, 0.3) is 10.9 Å². The van der Waals surface area contributed by atoms with Crippen LogP contribution < -0.4 is 10.1 Å². The first-order valence-electron chi connectivity index (χ1n) is 6.05. The van der Waals surface area contributed by atoms with Gasteiger partial charge in [-0.25, -0.2) is 4.98 Å². The first-order chi connectivity index (χ1) is 9.83. The van der Waals surface area contributed by atoms with Gasteiger partial charge < -0.3 is 4.74 Å². The van der Waals surface area contributed by atoms with Crippen LogP contribution in [0.2, 0.25) is 0 Å². The van der Waals surface area contributed by atoms with Gasteiger partial charge >= 0.3 is 0 Å². The summed E-state index contributed by atoms with van der Waals surface area (Å²) in [5, 5.41) is 12.7. The summed E-state index contributed by atoms with van der Waals surface area (Å²) in [5.74, 6) is 0.581. The van der Waals surface area contributed by atoms with E-state index < -0.39 is 0 Å². The number of fused-ring (bicyclic) bond motifs is 1. The van der Waals surface area contributed by atoms with Gasteiger partial charge in [0.05, 0.1) is 12.1 Å². The van der Waals surface area contributed by atoms with Crippen LogP contribution >= 0.6 is 11.8 Å². The predicted octanol–water partition coefficient (Wildman–Crippen LogP) is 2.40. The van der Waals surface area contributed by atoms with Crippen LogP contribution in [0.5, 0.6) is 5.88 Å². The minimum Gasteiger partial charge on any atom is -0.476 e. The fourth-order valence-corrected chi connectivity index (χ4v) is 2.00. The lowest BCUT2D eigenvalue weighted by Crippen LogP contribution is -2.15. The molecule has 6 heteroatoms. The van der Waals surface area contributed by atoms with Gasteiger partial charge in [0, 0.05) is 11.5 Å². The van der Waals surface area contributed by atoms with E-state index in [0.717, 1.165) is 10.9 Å². The number of benzene rings is 1. The Morgan fingerprint density at radius 3 is 3.05 bits per heavy atom. The van der Waals surface area contributed by atoms with Crippen LogP contribution in [0.4, 0.5) is 0 Å². The number of nitrogens with one attached hydrogen (secondary N) is 1. The molecule has 5 nitrogen and oxygen atoms in total. The lowest BCUT2D eigenvalue weighted by atomic mass is 10.2. The van der Waals surface area contributed by atoms with Crippen molar-refractivity contribution in [1.29, 1.82) is 5.26 Å². The van der Waals surface area contributed by atoms with Crippen molar-refractivity contribution in [2.24, 2.45) is 4.99 Å². The Hall–Kier alpha value is -2.26. The highest BCUT2D eigenvalue weighted by atomic mass is 32.2. The third-order valence-corrected chi connectivity index (χ3v) is 3.14. The summed E-state index contributed by atoms with van der Waals surface area (Å²) < 4.78 is 5.55. The van der Waals surface area contributed by atoms with Gasteiger partial charge in [-0.2, -0.15) is 5.26 Å². The third-order valence-electron chi connectivity index (χ3n) is 2.53. The molecular formula is C14H14N4OS. The van der Waals surface area contributed by atoms with Crippen molar-refractivity contribution in [1.82, 2.24) is 10.3 Å². The zero-order chi connectivity index (χ0) is 14.2. The molecule has 1 aromatic carbocycles. The Labute approximate surface area is 121 Å². The quantitative estimate of drug-likeness (QED) is 0.307. The van der Waals surface area contributed by atoms with E-state index in [4.69, 9.17) is 10.00 Å². The molecule has 0 amide bonds. The molecule has 2 aromatic rings. The smallest absolute Gasteiger partial charge is 0.213 e. The first-order valence-corrected chi connectivity index (χ1v) is 7.28. The summed E-state index contributed by atoms with van der Waals surface area (Å²) in [6, 6.07) is 11.7. The van der Waals surface area contributed by atoms with Crippen molar-refractivity contribution in [3.05, 3.63) is 36.4 Å². The van der Waals surface area contributed by atoms with Crippen molar-refractivity contribution in [3.8, 4) is 12.1 Å². The molecule has 0 spiro atoms. The van der Waals surface area contributed by atoms with Gasteiger partial charge in [0.25, 0.3) is 0 Å². The van der Waals surface area contributed by atoms with Crippen LogP contribution in [0.15, 0.2) is 41.4 Å². The maximum absolute atomic E-state index is 8.51. The van der Waals surface area contributed by atoms with Crippen molar-refractivity contribution in [2.45, 2.75) is 0 Å². The third kappa shape index (κ3) is 3.87. The fourth-order valence-electron chi connectivity index (χ4n) is 1.63. The van der Waals surface area contributed by atoms with Gasteiger partial charge in [-0.15, -0.1) is 0 Å². The van der Waals surface area contributed by atoms with E-state index in [-0.39, 0.29) is 0 Å². The largest absolute Gasteiger partial charge is 0.476 e. The topological polar surface area (TPSA) is 70.3 Å². The number of hydrogen-bond acceptors (Lipinski definition) is 5. The minimum absolute atomic E-state index is 0.419. The summed E-state index contributed by atoms with van der Waals surface area (Å²) in [4.78, 5) is 8.61. The second kappa shape index (κ2) is 7.36. The van der Waals surface area contributed by atoms with Crippen LogP contribution in [0, 0.1) is 11.5 Å². The number of amidine groups is 1. The molecule has 0 saturated carbocycles. The van der Waals surface area contributed by atoms with Crippen LogP contribution in [-0.4, -0.2) is 29.6 Å². The summed E-state index contributed by atoms with van der Waals surface area (Å²) in [5.41, 5.74) is 0.907. The molecule has 0 bridgehead atoms. The number of para-hydroxylation sites is 1. The number of pyridine rings is 1. The number of ether oxygens (including phenoxy) is 1. The number of aliphatic imine (C=N–C) groups is 1. The molecule has 0 atom stereocenters. The molecule has 1 heterocycles. The second-order valence-corrected chi connectivity index (χ2v) is 4.61. The van der Waals surface area contributed by atoms with E-state index >= 15 is 0 Å². The molecule has 0 aliphatic heterocycles. The molecular weight excluding hydrogens is 272 g/mol. The van der Waals surface area contributed by atoms with E-state index in [1.165, 1.54) is 11.8 Å². The number of aromatic nitrogens is 1. The molecule has 1 aromatic heterocycles. The highest BCUT2D eigenvalue weighted by Crippen LogP contribution is 2.15. The molecule has 102 valence electrons. The first kappa shape index (κ1) is 14.2. The highest BCUT2D eigenvalue weighted by Gasteiger charge is 1.99. The van der Waals surface area contributed by atoms with Crippen molar-refractivity contribution in [3.63, 3.8) is 0 Å². The van der Waals surface area contributed by atoms with E-state index in [1.807, 2.05) is 48.8 Å². The predicted molar refractivity (Wildman–Crippen MR) is 81.8 cm³/mol. The highest BCUT2D eigenvalue weighted by molar-refractivity contribution is 8.13. The normalized spacial score (nSPS) is 11.1. The Kier molecular flexibility index (Phi) is 5.21. The van der Waals surface area contributed by atoms with Gasteiger partial charge in [-0.05, 0) is 18.4 Å². The number of nitrogens with zero attached hydrogens (tertiary/aromatic N) is 3. The maximum atomic E-state index is 8.51. The average molecular weight is 286 g/mol. The summed E-state index contributed by atoms with van der Waals surface area (Å²) in [6.07, 6.45) is 3.70. The van der Waals surface area contributed by atoms with Crippen molar-refractivity contribution in [2.75, 3.05) is 19.4 Å².